The Hall–Kier alpha value is -3.05. The number of carbonyl (C=O) groups excluding carboxylic acids is 1. The van der Waals surface area contributed by atoms with Crippen LogP contribution in [0.15, 0.2) is 70.6 Å². The molecule has 0 aromatic heterocycles. The van der Waals surface area contributed by atoms with Gasteiger partial charge in [0.05, 0.1) is 17.7 Å². The van der Waals surface area contributed by atoms with Gasteiger partial charge in [-0.05, 0) is 60.7 Å². The Balaban J connectivity index is 1.78. The molecular weight excluding hydrogens is 380 g/mol. The number of likely N-dealkylation sites (N-methyl/N-ethyl adjacent to an activating group) is 1. The predicted octanol–water partition coefficient (Wildman–Crippen LogP) is 5.78. The number of rotatable bonds is 4. The lowest BCUT2D eigenvalue weighted by molar-refractivity contribution is -0.122. The smallest absolute Gasteiger partial charge is 0.266 e. The summed E-state index contributed by atoms with van der Waals surface area (Å²) < 4.78 is 5.58. The van der Waals surface area contributed by atoms with Gasteiger partial charge in [0.2, 0.25) is 0 Å². The summed E-state index contributed by atoms with van der Waals surface area (Å²) >= 11 is 1.41. The summed E-state index contributed by atoms with van der Waals surface area (Å²) in [7, 11) is 1.65. The number of hydrogen-bond donors (Lipinski definition) is 0. The van der Waals surface area contributed by atoms with Crippen LogP contribution in [0, 0.1) is 6.92 Å². The number of amidine groups is 1. The van der Waals surface area contributed by atoms with E-state index in [0.29, 0.717) is 16.6 Å². The van der Waals surface area contributed by atoms with Crippen LogP contribution in [0.25, 0.3) is 16.8 Å². The fraction of sp³-hybridized carbons (Fsp3) is 0.167. The third-order valence-electron chi connectivity index (χ3n) is 4.89. The van der Waals surface area contributed by atoms with Gasteiger partial charge < -0.3 is 4.74 Å². The van der Waals surface area contributed by atoms with Crippen molar-refractivity contribution in [2.24, 2.45) is 4.99 Å². The third kappa shape index (κ3) is 3.78. The molecule has 0 spiro atoms. The fourth-order valence-electron chi connectivity index (χ4n) is 3.33. The first-order valence-corrected chi connectivity index (χ1v) is 10.3. The van der Waals surface area contributed by atoms with Gasteiger partial charge in [0.25, 0.3) is 5.91 Å². The van der Waals surface area contributed by atoms with Crippen molar-refractivity contribution < 1.29 is 9.53 Å². The van der Waals surface area contributed by atoms with Gasteiger partial charge >= 0.3 is 0 Å². The summed E-state index contributed by atoms with van der Waals surface area (Å²) in [4.78, 5) is 20.1. The molecule has 1 aliphatic rings. The van der Waals surface area contributed by atoms with E-state index in [1.165, 1.54) is 17.3 Å². The Morgan fingerprint density at radius 2 is 1.83 bits per heavy atom. The molecule has 1 heterocycles. The minimum absolute atomic E-state index is 0.0293. The van der Waals surface area contributed by atoms with Gasteiger partial charge in [-0.1, -0.05) is 48.0 Å². The fourth-order valence-corrected chi connectivity index (χ4v) is 4.38. The Morgan fingerprint density at radius 1 is 1.07 bits per heavy atom. The van der Waals surface area contributed by atoms with E-state index in [9.17, 15) is 4.79 Å². The molecule has 1 aliphatic heterocycles. The molecule has 0 saturated carbocycles. The highest BCUT2D eigenvalue weighted by molar-refractivity contribution is 8.18. The average molecular weight is 403 g/mol. The molecule has 0 N–H and O–H groups in total. The number of aryl methyl sites for hydroxylation is 1. The zero-order valence-corrected chi connectivity index (χ0v) is 17.5. The highest BCUT2D eigenvalue weighted by atomic mass is 32.2. The molecule has 4 nitrogen and oxygen atoms in total. The molecule has 0 aliphatic carbocycles. The van der Waals surface area contributed by atoms with Gasteiger partial charge in [-0.15, -0.1) is 0 Å². The van der Waals surface area contributed by atoms with Crippen LogP contribution in [-0.4, -0.2) is 29.6 Å². The first kappa shape index (κ1) is 19.3. The molecule has 0 unspecified atom stereocenters. The number of fused-ring (bicyclic) bond motifs is 1. The second kappa shape index (κ2) is 8.13. The van der Waals surface area contributed by atoms with Crippen molar-refractivity contribution in [2.45, 2.75) is 13.8 Å². The molecule has 5 heteroatoms. The molecule has 1 saturated heterocycles. The Bertz CT molecular complexity index is 1130. The van der Waals surface area contributed by atoms with Crippen LogP contribution in [0.5, 0.6) is 5.75 Å². The molecule has 3 aromatic rings. The lowest BCUT2D eigenvalue weighted by Crippen LogP contribution is -2.28. The number of benzene rings is 3. The van der Waals surface area contributed by atoms with Gasteiger partial charge in [-0.25, -0.2) is 4.99 Å². The van der Waals surface area contributed by atoms with E-state index < -0.39 is 0 Å². The van der Waals surface area contributed by atoms with Gasteiger partial charge in [0, 0.05) is 12.1 Å². The molecule has 29 heavy (non-hydrogen) atoms. The number of thioether (sulfide) groups is 1. The summed E-state index contributed by atoms with van der Waals surface area (Å²) in [6, 6.07) is 20.1. The molecule has 146 valence electrons. The normalized spacial score (nSPS) is 16.9. The molecule has 3 aromatic carbocycles. The van der Waals surface area contributed by atoms with Crippen LogP contribution < -0.4 is 4.74 Å². The summed E-state index contributed by atoms with van der Waals surface area (Å²) in [5.74, 6) is 0.718. The topological polar surface area (TPSA) is 41.9 Å². The van der Waals surface area contributed by atoms with Crippen molar-refractivity contribution in [2.75, 3.05) is 13.7 Å². The molecule has 0 atom stereocenters. The highest BCUT2D eigenvalue weighted by Gasteiger charge is 2.32. The molecule has 1 fully saturated rings. The monoisotopic (exact) mass is 402 g/mol. The van der Waals surface area contributed by atoms with Crippen molar-refractivity contribution in [1.29, 1.82) is 0 Å². The lowest BCUT2D eigenvalue weighted by atomic mass is 10.0. The van der Waals surface area contributed by atoms with E-state index >= 15 is 0 Å². The Labute approximate surface area is 174 Å². The Morgan fingerprint density at radius 3 is 2.55 bits per heavy atom. The molecule has 4 rings (SSSR count). The third-order valence-corrected chi connectivity index (χ3v) is 5.90. The van der Waals surface area contributed by atoms with E-state index in [1.54, 1.807) is 12.0 Å². The van der Waals surface area contributed by atoms with Crippen LogP contribution in [0.3, 0.4) is 0 Å². The minimum atomic E-state index is -0.0293. The van der Waals surface area contributed by atoms with Crippen molar-refractivity contribution in [3.8, 4) is 5.75 Å². The van der Waals surface area contributed by atoms with E-state index in [1.807, 2.05) is 74.5 Å². The van der Waals surface area contributed by atoms with Crippen LogP contribution in [0.1, 0.15) is 18.1 Å². The Kier molecular flexibility index (Phi) is 5.41. The van der Waals surface area contributed by atoms with Crippen LogP contribution >= 0.6 is 11.8 Å². The largest absolute Gasteiger partial charge is 0.496 e. The second-order valence-corrected chi connectivity index (χ2v) is 7.80. The standard InChI is InChI=1S/C24H22N2O2S/c1-4-26-23(27)22(29-24(26)25-18-12-9-16(2)10-13-18)15-20-19-8-6-5-7-17(19)11-14-21(20)28-3/h5-15H,4H2,1-3H3/b22-15+,25-24?. The van der Waals surface area contributed by atoms with E-state index in [2.05, 4.69) is 6.07 Å². The van der Waals surface area contributed by atoms with Gasteiger partial charge in [-0.2, -0.15) is 0 Å². The first-order chi connectivity index (χ1) is 14.1. The SMILES string of the molecule is CCN1C(=O)/C(=C\c2c(OC)ccc3ccccc23)SC1=Nc1ccc(C)cc1. The van der Waals surface area contributed by atoms with Crippen molar-refractivity contribution in [1.82, 2.24) is 4.90 Å². The number of aliphatic imine (C=N–C) groups is 1. The molecule has 1 amide bonds. The predicted molar refractivity (Wildman–Crippen MR) is 122 cm³/mol. The maximum absolute atomic E-state index is 13.0. The zero-order chi connectivity index (χ0) is 20.4. The first-order valence-electron chi connectivity index (χ1n) is 9.53. The van der Waals surface area contributed by atoms with Crippen LogP contribution in [-0.2, 0) is 4.79 Å². The van der Waals surface area contributed by atoms with Gasteiger partial charge in [-0.3, -0.25) is 9.69 Å². The number of ether oxygens (including phenoxy) is 1. The summed E-state index contributed by atoms with van der Waals surface area (Å²) in [6.45, 7) is 4.58. The number of hydrogen-bond acceptors (Lipinski definition) is 4. The zero-order valence-electron chi connectivity index (χ0n) is 16.7. The van der Waals surface area contributed by atoms with Crippen molar-refractivity contribution >= 4 is 45.4 Å². The lowest BCUT2D eigenvalue weighted by Gasteiger charge is -2.12. The van der Waals surface area contributed by atoms with Gasteiger partial charge in [0.15, 0.2) is 5.17 Å². The molecule has 0 radical (unpaired) electrons. The quantitative estimate of drug-likeness (QED) is 0.520. The van der Waals surface area contributed by atoms with Crippen molar-refractivity contribution in [3.63, 3.8) is 0 Å². The van der Waals surface area contributed by atoms with Crippen molar-refractivity contribution in [3.05, 3.63) is 76.7 Å². The second-order valence-electron chi connectivity index (χ2n) is 6.79. The van der Waals surface area contributed by atoms with E-state index in [0.717, 1.165) is 27.8 Å². The molecule has 0 bridgehead atoms. The van der Waals surface area contributed by atoms with Gasteiger partial charge in [0.1, 0.15) is 5.75 Å². The summed E-state index contributed by atoms with van der Waals surface area (Å²) in [5, 5.41) is 2.86. The molecular formula is C24H22N2O2S. The maximum atomic E-state index is 13.0. The summed E-state index contributed by atoms with van der Waals surface area (Å²) in [6.07, 6.45) is 1.93. The average Bonchev–Trinajstić information content (AvgIpc) is 3.04. The number of carbonyl (C=O) groups is 1. The number of amides is 1. The number of nitrogens with zero attached hydrogens (tertiary/aromatic N) is 2. The number of methoxy groups -OCH3 is 1. The van der Waals surface area contributed by atoms with Crippen LogP contribution in [0.2, 0.25) is 0 Å². The minimum Gasteiger partial charge on any atom is -0.496 e. The van der Waals surface area contributed by atoms with E-state index in [4.69, 9.17) is 9.73 Å². The highest BCUT2D eigenvalue weighted by Crippen LogP contribution is 2.37. The maximum Gasteiger partial charge on any atom is 0.266 e. The summed E-state index contributed by atoms with van der Waals surface area (Å²) in [5.41, 5.74) is 2.93. The van der Waals surface area contributed by atoms with Crippen LogP contribution in [0.4, 0.5) is 5.69 Å². The van der Waals surface area contributed by atoms with E-state index in [-0.39, 0.29) is 5.91 Å².